The van der Waals surface area contributed by atoms with Gasteiger partial charge in [-0.1, -0.05) is 24.3 Å². The van der Waals surface area contributed by atoms with Crippen molar-refractivity contribution in [3.05, 3.63) is 59.7 Å². The highest BCUT2D eigenvalue weighted by Gasteiger charge is 2.53. The molecule has 0 unspecified atom stereocenters. The highest BCUT2D eigenvalue weighted by Crippen LogP contribution is 2.39. The summed E-state index contributed by atoms with van der Waals surface area (Å²) >= 11 is 0. The van der Waals surface area contributed by atoms with Crippen LogP contribution in [0.4, 0.5) is 5.69 Å². The molecule has 0 aromatic heterocycles. The number of carboxylic acids is 1. The Balaban J connectivity index is 1.47. The molecule has 2 aromatic rings. The summed E-state index contributed by atoms with van der Waals surface area (Å²) in [5.74, 6) is -5.65. The lowest BCUT2D eigenvalue weighted by Crippen LogP contribution is -2.58. The number of aliphatic hydroxyl groups is 3. The quantitative estimate of drug-likeness (QED) is 0.141. The Morgan fingerprint density at radius 3 is 2.33 bits per heavy atom. The first kappa shape index (κ1) is 27.6. The molecule has 0 bridgehead atoms. The van der Waals surface area contributed by atoms with E-state index in [1.807, 2.05) is 0 Å². The monoisotopic (exact) mass is 543 g/mol. The van der Waals surface area contributed by atoms with Gasteiger partial charge in [-0.05, 0) is 29.8 Å². The number of phenolic OH excluding ortho intramolecular Hbond substituents is 2. The maximum absolute atomic E-state index is 12.7. The number of carbonyl (C=O) groups excluding carboxylic acids is 3. The topological polar surface area (TPSA) is 220 Å². The van der Waals surface area contributed by atoms with Gasteiger partial charge in [0.05, 0.1) is 6.42 Å². The van der Waals surface area contributed by atoms with E-state index in [9.17, 15) is 49.8 Å². The van der Waals surface area contributed by atoms with Crippen LogP contribution in [0.3, 0.4) is 0 Å². The molecule has 1 aliphatic heterocycles. The average Bonchev–Trinajstić information content (AvgIpc) is 3.12. The van der Waals surface area contributed by atoms with E-state index in [2.05, 4.69) is 5.32 Å². The van der Waals surface area contributed by atoms with Crippen molar-refractivity contribution in [3.63, 3.8) is 0 Å². The molecule has 1 saturated carbocycles. The number of benzene rings is 2. The van der Waals surface area contributed by atoms with Crippen LogP contribution in [0.2, 0.25) is 0 Å². The molecule has 2 aliphatic rings. The average molecular weight is 543 g/mol. The van der Waals surface area contributed by atoms with Crippen molar-refractivity contribution in [2.24, 2.45) is 0 Å². The molecule has 0 radical (unpaired) electrons. The van der Waals surface area contributed by atoms with Crippen LogP contribution in [-0.2, 0) is 34.3 Å². The molecule has 7 N–H and O–H groups in total. The summed E-state index contributed by atoms with van der Waals surface area (Å²) in [6, 6.07) is 9.83. The number of aliphatic carboxylic acids is 1. The van der Waals surface area contributed by atoms with Crippen molar-refractivity contribution >= 4 is 35.6 Å². The van der Waals surface area contributed by atoms with Crippen molar-refractivity contribution in [2.45, 2.75) is 48.8 Å². The number of amides is 1. The van der Waals surface area contributed by atoms with Gasteiger partial charge in [0.15, 0.2) is 22.7 Å². The molecule has 13 nitrogen and oxygen atoms in total. The van der Waals surface area contributed by atoms with E-state index in [1.54, 1.807) is 12.1 Å². The van der Waals surface area contributed by atoms with Gasteiger partial charge in [-0.15, -0.1) is 0 Å². The Kier molecular flexibility index (Phi) is 7.33. The highest BCUT2D eigenvalue weighted by molar-refractivity contribution is 6.06. The normalized spacial score (nSPS) is 28.0. The first-order chi connectivity index (χ1) is 18.3. The van der Waals surface area contributed by atoms with Gasteiger partial charge in [0.2, 0.25) is 0 Å². The van der Waals surface area contributed by atoms with Crippen molar-refractivity contribution in [3.8, 4) is 11.5 Å². The predicted molar refractivity (Wildman–Crippen MR) is 130 cm³/mol. The predicted octanol–water partition coefficient (Wildman–Crippen LogP) is 0.135. The lowest BCUT2D eigenvalue weighted by atomic mass is 9.79. The van der Waals surface area contributed by atoms with Crippen LogP contribution in [0.25, 0.3) is 6.08 Å². The van der Waals surface area contributed by atoms with Crippen LogP contribution in [0, 0.1) is 0 Å². The molecule has 1 amide bonds. The fourth-order valence-corrected chi connectivity index (χ4v) is 4.52. The standard InChI is InChI=1S/C26H25NO12/c28-16-7-5-13(9-17(16)29)6-8-20(30)38-18-10-25(36,24(34)35)11-19(22(18)32)39-21(31)12-26(37)14-3-1-2-4-15(14)27-23(26)33/h1-9,18-19,22,28-29,32,36-37H,10-12H2,(H,27,33)(H,34,35)/b8-6+/t18-,19-,22+,25-,26+/m1/s1. The van der Waals surface area contributed by atoms with Crippen LogP contribution >= 0.6 is 0 Å². The third-order valence-corrected chi connectivity index (χ3v) is 6.60. The zero-order valence-electron chi connectivity index (χ0n) is 20.2. The third-order valence-electron chi connectivity index (χ3n) is 6.60. The Morgan fingerprint density at radius 1 is 1.00 bits per heavy atom. The highest BCUT2D eigenvalue weighted by atomic mass is 16.6. The number of ether oxygens (including phenoxy) is 2. The molecule has 4 rings (SSSR count). The maximum Gasteiger partial charge on any atom is 0.335 e. The van der Waals surface area contributed by atoms with Gasteiger partial charge < -0.3 is 45.4 Å². The van der Waals surface area contributed by atoms with Crippen LogP contribution < -0.4 is 5.32 Å². The lowest BCUT2D eigenvalue weighted by molar-refractivity contribution is -0.206. The second-order valence-corrected chi connectivity index (χ2v) is 9.36. The van der Waals surface area contributed by atoms with Gasteiger partial charge in [-0.3, -0.25) is 9.59 Å². The van der Waals surface area contributed by atoms with E-state index in [4.69, 9.17) is 9.47 Å². The summed E-state index contributed by atoms with van der Waals surface area (Å²) in [4.78, 5) is 49.3. The number of carboxylic acid groups (broad SMARTS) is 1. The number of anilines is 1. The molecule has 206 valence electrons. The van der Waals surface area contributed by atoms with Gasteiger partial charge in [0, 0.05) is 30.2 Å². The van der Waals surface area contributed by atoms with Crippen molar-refractivity contribution in [1.82, 2.24) is 0 Å². The summed E-state index contributed by atoms with van der Waals surface area (Å²) in [6.45, 7) is 0. The molecule has 5 atom stereocenters. The first-order valence-corrected chi connectivity index (χ1v) is 11.7. The Bertz CT molecular complexity index is 1360. The SMILES string of the molecule is O=C(/C=C/c1ccc(O)c(O)c1)O[C@@H]1C[C@](O)(C(=O)O)C[C@@H](OC(=O)C[C@@]2(O)C(=O)Nc3ccccc32)[C@H]1O. The summed E-state index contributed by atoms with van der Waals surface area (Å²) in [5, 5.41) is 63.2. The molecule has 0 spiro atoms. The number of aliphatic hydroxyl groups excluding tert-OH is 1. The number of para-hydroxylation sites is 1. The lowest BCUT2D eigenvalue weighted by Gasteiger charge is -2.40. The molecular weight excluding hydrogens is 518 g/mol. The number of esters is 2. The summed E-state index contributed by atoms with van der Waals surface area (Å²) in [6.07, 6.45) is -5.31. The zero-order chi connectivity index (χ0) is 28.5. The Hall–Kier alpha value is -4.46. The smallest absolute Gasteiger partial charge is 0.335 e. The molecule has 1 aliphatic carbocycles. The van der Waals surface area contributed by atoms with E-state index in [0.29, 0.717) is 11.3 Å². The van der Waals surface area contributed by atoms with Crippen LogP contribution in [0.15, 0.2) is 48.5 Å². The number of nitrogens with one attached hydrogen (secondary N) is 1. The molecule has 2 aromatic carbocycles. The number of hydrogen-bond acceptors (Lipinski definition) is 11. The van der Waals surface area contributed by atoms with Crippen molar-refractivity contribution in [1.29, 1.82) is 0 Å². The Morgan fingerprint density at radius 2 is 1.67 bits per heavy atom. The van der Waals surface area contributed by atoms with Crippen molar-refractivity contribution in [2.75, 3.05) is 5.32 Å². The van der Waals surface area contributed by atoms with E-state index in [0.717, 1.165) is 12.1 Å². The second-order valence-electron chi connectivity index (χ2n) is 9.36. The van der Waals surface area contributed by atoms with Crippen LogP contribution in [0.5, 0.6) is 11.5 Å². The van der Waals surface area contributed by atoms with Crippen molar-refractivity contribution < 1.29 is 59.3 Å². The minimum Gasteiger partial charge on any atom is -0.504 e. The molecule has 1 heterocycles. The van der Waals surface area contributed by atoms with E-state index >= 15 is 0 Å². The number of hydrogen-bond donors (Lipinski definition) is 7. The molecule has 1 fully saturated rings. The number of rotatable bonds is 7. The summed E-state index contributed by atoms with van der Waals surface area (Å²) < 4.78 is 10.3. The second kappa shape index (κ2) is 10.4. The number of phenols is 2. The van der Waals surface area contributed by atoms with Gasteiger partial charge in [-0.25, -0.2) is 9.59 Å². The number of carbonyl (C=O) groups is 4. The van der Waals surface area contributed by atoms with Gasteiger partial charge >= 0.3 is 17.9 Å². The number of aromatic hydroxyl groups is 2. The largest absolute Gasteiger partial charge is 0.504 e. The Labute approximate surface area is 220 Å². The maximum atomic E-state index is 12.7. The van der Waals surface area contributed by atoms with E-state index in [-0.39, 0.29) is 11.3 Å². The first-order valence-electron chi connectivity index (χ1n) is 11.7. The fourth-order valence-electron chi connectivity index (χ4n) is 4.52. The van der Waals surface area contributed by atoms with Crippen LogP contribution in [0.1, 0.15) is 30.4 Å². The van der Waals surface area contributed by atoms with Gasteiger partial charge in [0.1, 0.15) is 18.3 Å². The number of fused-ring (bicyclic) bond motifs is 1. The van der Waals surface area contributed by atoms with Gasteiger partial charge in [-0.2, -0.15) is 0 Å². The van der Waals surface area contributed by atoms with E-state index in [1.165, 1.54) is 30.3 Å². The summed E-state index contributed by atoms with van der Waals surface area (Å²) in [5.41, 5.74) is -4.11. The van der Waals surface area contributed by atoms with Crippen LogP contribution in [-0.4, -0.2) is 78.4 Å². The molecule has 39 heavy (non-hydrogen) atoms. The fraction of sp³-hybridized carbons (Fsp3) is 0.308. The minimum atomic E-state index is -2.55. The summed E-state index contributed by atoms with van der Waals surface area (Å²) in [7, 11) is 0. The van der Waals surface area contributed by atoms with Gasteiger partial charge in [0.25, 0.3) is 5.91 Å². The molecular formula is C26H25NO12. The molecule has 13 heteroatoms. The minimum absolute atomic E-state index is 0.124. The molecule has 0 saturated heterocycles. The zero-order valence-corrected chi connectivity index (χ0v) is 20.2. The van der Waals surface area contributed by atoms with E-state index < -0.39 is 78.3 Å². The third kappa shape index (κ3) is 5.55.